The Hall–Kier alpha value is -2.89. The van der Waals surface area contributed by atoms with E-state index in [4.69, 9.17) is 9.47 Å². The van der Waals surface area contributed by atoms with Crippen molar-refractivity contribution in [1.82, 2.24) is 15.0 Å². The summed E-state index contributed by atoms with van der Waals surface area (Å²) in [6.45, 7) is 0.571. The van der Waals surface area contributed by atoms with E-state index in [1.807, 2.05) is 30.3 Å². The number of benzene rings is 2. The molecule has 0 spiro atoms. The molecule has 0 bridgehead atoms. The van der Waals surface area contributed by atoms with Crippen molar-refractivity contribution in [3.8, 4) is 11.5 Å². The van der Waals surface area contributed by atoms with E-state index in [2.05, 4.69) is 10.3 Å². The lowest BCUT2D eigenvalue weighted by molar-refractivity contribution is 0.174. The largest absolute Gasteiger partial charge is 0.454 e. The molecule has 0 radical (unpaired) electrons. The van der Waals surface area contributed by atoms with Gasteiger partial charge in [-0.3, -0.25) is 4.79 Å². The molecule has 2 aromatic carbocycles. The molecule has 3 aromatic rings. The highest BCUT2D eigenvalue weighted by Gasteiger charge is 2.14. The topological polar surface area (TPSA) is 66.2 Å². The van der Waals surface area contributed by atoms with Crippen LogP contribution in [0.15, 0.2) is 47.3 Å². The summed E-state index contributed by atoms with van der Waals surface area (Å²) in [6.07, 6.45) is 0. The molecule has 21 heavy (non-hydrogen) atoms. The van der Waals surface area contributed by atoms with Gasteiger partial charge < -0.3 is 9.47 Å². The van der Waals surface area contributed by atoms with Gasteiger partial charge in [-0.15, -0.1) is 5.10 Å². The second kappa shape index (κ2) is 4.59. The fraction of sp³-hybridized carbons (Fsp3) is 0.133. The van der Waals surface area contributed by atoms with Gasteiger partial charge in [0.1, 0.15) is 5.52 Å². The standard InChI is InChI=1S/C15H11N3O3/c19-15-11-3-1-2-4-12(11)16-17-18(15)8-10-5-6-13-14(7-10)21-9-20-13/h1-7H,8-9H2. The van der Waals surface area contributed by atoms with Crippen LogP contribution < -0.4 is 15.0 Å². The molecule has 0 unspecified atom stereocenters. The fourth-order valence-electron chi connectivity index (χ4n) is 2.34. The van der Waals surface area contributed by atoms with Gasteiger partial charge in [0, 0.05) is 0 Å². The van der Waals surface area contributed by atoms with Gasteiger partial charge in [-0.1, -0.05) is 23.4 Å². The van der Waals surface area contributed by atoms with Crippen molar-refractivity contribution in [1.29, 1.82) is 0 Å². The highest BCUT2D eigenvalue weighted by Crippen LogP contribution is 2.32. The highest BCUT2D eigenvalue weighted by atomic mass is 16.7. The normalized spacial score (nSPS) is 12.8. The summed E-state index contributed by atoms with van der Waals surface area (Å²) in [7, 11) is 0. The summed E-state index contributed by atoms with van der Waals surface area (Å²) in [5, 5.41) is 8.61. The molecule has 6 nitrogen and oxygen atoms in total. The average Bonchev–Trinajstić information content (AvgIpc) is 2.98. The Kier molecular flexibility index (Phi) is 2.60. The Balaban J connectivity index is 1.74. The van der Waals surface area contributed by atoms with Crippen LogP contribution in [0.25, 0.3) is 10.9 Å². The predicted octanol–water partition coefficient (Wildman–Crippen LogP) is 1.57. The molecule has 0 saturated carbocycles. The molecule has 0 N–H and O–H groups in total. The molecule has 0 fully saturated rings. The van der Waals surface area contributed by atoms with Crippen LogP contribution in [0.3, 0.4) is 0 Å². The monoisotopic (exact) mass is 281 g/mol. The number of aromatic nitrogens is 3. The zero-order chi connectivity index (χ0) is 14.2. The first-order chi connectivity index (χ1) is 10.3. The minimum absolute atomic E-state index is 0.154. The van der Waals surface area contributed by atoms with Gasteiger partial charge in [-0.2, -0.15) is 0 Å². The van der Waals surface area contributed by atoms with E-state index >= 15 is 0 Å². The second-order valence-electron chi connectivity index (χ2n) is 4.76. The molecule has 2 heterocycles. The van der Waals surface area contributed by atoms with Crippen LogP contribution in [0.1, 0.15) is 5.56 Å². The SMILES string of the molecule is O=c1c2ccccc2nnn1Cc1ccc2c(c1)OCO2. The van der Waals surface area contributed by atoms with Crippen LogP contribution in [0, 0.1) is 0 Å². The van der Waals surface area contributed by atoms with Crippen LogP contribution >= 0.6 is 0 Å². The fourth-order valence-corrected chi connectivity index (χ4v) is 2.34. The zero-order valence-electron chi connectivity index (χ0n) is 11.0. The minimum Gasteiger partial charge on any atom is -0.454 e. The van der Waals surface area contributed by atoms with Crippen LogP contribution in [-0.4, -0.2) is 21.8 Å². The van der Waals surface area contributed by atoms with Crippen molar-refractivity contribution >= 4 is 10.9 Å². The molecule has 0 atom stereocenters. The Morgan fingerprint density at radius 1 is 1.10 bits per heavy atom. The Morgan fingerprint density at radius 3 is 2.90 bits per heavy atom. The molecule has 0 aliphatic carbocycles. The number of hydrogen-bond acceptors (Lipinski definition) is 5. The summed E-state index contributed by atoms with van der Waals surface area (Å²) in [6, 6.07) is 12.7. The quantitative estimate of drug-likeness (QED) is 0.713. The third-order valence-electron chi connectivity index (χ3n) is 3.40. The molecular formula is C15H11N3O3. The lowest BCUT2D eigenvalue weighted by Gasteiger charge is -2.05. The molecule has 0 amide bonds. The summed E-state index contributed by atoms with van der Waals surface area (Å²) < 4.78 is 11.9. The maximum Gasteiger partial charge on any atom is 0.277 e. The number of rotatable bonds is 2. The second-order valence-corrected chi connectivity index (χ2v) is 4.76. The van der Waals surface area contributed by atoms with E-state index in [9.17, 15) is 4.79 Å². The Bertz CT molecular complexity index is 889. The third-order valence-corrected chi connectivity index (χ3v) is 3.40. The lowest BCUT2D eigenvalue weighted by Crippen LogP contribution is -2.24. The molecule has 104 valence electrons. The number of hydrogen-bond donors (Lipinski definition) is 0. The van der Waals surface area contributed by atoms with Crippen molar-refractivity contribution in [3.63, 3.8) is 0 Å². The van der Waals surface area contributed by atoms with Crippen molar-refractivity contribution in [3.05, 3.63) is 58.4 Å². The first-order valence-corrected chi connectivity index (χ1v) is 6.52. The summed E-state index contributed by atoms with van der Waals surface area (Å²) in [4.78, 5) is 12.4. The van der Waals surface area contributed by atoms with E-state index in [-0.39, 0.29) is 12.4 Å². The Morgan fingerprint density at radius 2 is 1.95 bits per heavy atom. The number of nitrogens with zero attached hydrogens (tertiary/aromatic N) is 3. The lowest BCUT2D eigenvalue weighted by atomic mass is 10.2. The van der Waals surface area contributed by atoms with Gasteiger partial charge in [0.2, 0.25) is 6.79 Å². The molecule has 4 rings (SSSR count). The van der Waals surface area contributed by atoms with Crippen LogP contribution in [-0.2, 0) is 6.54 Å². The highest BCUT2D eigenvalue weighted by molar-refractivity contribution is 5.76. The number of ether oxygens (including phenoxy) is 2. The van der Waals surface area contributed by atoms with E-state index < -0.39 is 0 Å². The molecule has 1 aromatic heterocycles. The van der Waals surface area contributed by atoms with Gasteiger partial charge in [-0.05, 0) is 29.8 Å². The first-order valence-electron chi connectivity index (χ1n) is 6.52. The van der Waals surface area contributed by atoms with Gasteiger partial charge >= 0.3 is 0 Å². The van der Waals surface area contributed by atoms with E-state index in [0.717, 1.165) is 11.3 Å². The van der Waals surface area contributed by atoms with Gasteiger partial charge in [0.05, 0.1) is 11.9 Å². The predicted molar refractivity (Wildman–Crippen MR) is 75.5 cm³/mol. The smallest absolute Gasteiger partial charge is 0.277 e. The minimum atomic E-state index is -0.154. The number of fused-ring (bicyclic) bond motifs is 2. The molecule has 1 aliphatic rings. The van der Waals surface area contributed by atoms with Gasteiger partial charge in [0.15, 0.2) is 11.5 Å². The third kappa shape index (κ3) is 2.01. The van der Waals surface area contributed by atoms with Crippen molar-refractivity contribution in [2.24, 2.45) is 0 Å². The average molecular weight is 281 g/mol. The maximum absolute atomic E-state index is 12.4. The molecule has 0 saturated heterocycles. The maximum atomic E-state index is 12.4. The van der Waals surface area contributed by atoms with Crippen LogP contribution in [0.4, 0.5) is 0 Å². The van der Waals surface area contributed by atoms with E-state index in [0.29, 0.717) is 23.2 Å². The molecular weight excluding hydrogens is 270 g/mol. The van der Waals surface area contributed by atoms with E-state index in [1.165, 1.54) is 4.68 Å². The summed E-state index contributed by atoms with van der Waals surface area (Å²) in [5.41, 5.74) is 1.36. The van der Waals surface area contributed by atoms with Crippen molar-refractivity contribution < 1.29 is 9.47 Å². The van der Waals surface area contributed by atoms with Crippen molar-refractivity contribution in [2.75, 3.05) is 6.79 Å². The summed E-state index contributed by atoms with van der Waals surface area (Å²) in [5.74, 6) is 1.41. The molecule has 1 aliphatic heterocycles. The van der Waals surface area contributed by atoms with Crippen molar-refractivity contribution in [2.45, 2.75) is 6.54 Å². The zero-order valence-corrected chi connectivity index (χ0v) is 11.0. The summed E-state index contributed by atoms with van der Waals surface area (Å²) >= 11 is 0. The van der Waals surface area contributed by atoms with Crippen LogP contribution in [0.2, 0.25) is 0 Å². The first kappa shape index (κ1) is 11.9. The van der Waals surface area contributed by atoms with Gasteiger partial charge in [-0.25, -0.2) is 4.68 Å². The van der Waals surface area contributed by atoms with Crippen LogP contribution in [0.5, 0.6) is 11.5 Å². The van der Waals surface area contributed by atoms with E-state index in [1.54, 1.807) is 12.1 Å². The Labute approximate surface area is 119 Å². The van der Waals surface area contributed by atoms with Gasteiger partial charge in [0.25, 0.3) is 5.56 Å². The molecule has 6 heteroatoms.